The molecule has 7 heteroatoms. The fourth-order valence-corrected chi connectivity index (χ4v) is 10.3. The normalized spacial score (nSPS) is 11.6. The van der Waals surface area contributed by atoms with Crippen LogP contribution < -0.4 is 4.40 Å². The second-order valence-corrected chi connectivity index (χ2v) is 28.2. The molecule has 4 aromatic heterocycles. The van der Waals surface area contributed by atoms with Crippen LogP contribution in [-0.4, -0.2) is 32.8 Å². The zero-order valence-corrected chi connectivity index (χ0v) is 41.3. The van der Waals surface area contributed by atoms with Crippen LogP contribution in [0.3, 0.4) is 0 Å². The minimum Gasteiger partial charge on any atom is 0 e. The summed E-state index contributed by atoms with van der Waals surface area (Å²) in [6, 6.07) is 61.2. The Morgan fingerprint density at radius 2 is 1.24 bits per heavy atom. The van der Waals surface area contributed by atoms with E-state index in [0.29, 0.717) is 5.71 Å². The number of pyridine rings is 2. The average molecular weight is 1060 g/mol. The SMILES string of the molecule is CC(C)c1cc(-c2ccccc2)cc(C(C)C)c1-n1c(-c2[c-]ccc3c2oc2nc(-c4ccccc4)ccc23)nc2ccccc21.[CH3][Ge]([CH3])([CH3])[c]1ccc(-c2[c-]cccc2)nc1.[Ir]. The van der Waals surface area contributed by atoms with E-state index in [1.165, 1.54) is 32.3 Å². The van der Waals surface area contributed by atoms with Gasteiger partial charge in [0.15, 0.2) is 0 Å². The number of benzene rings is 6. The van der Waals surface area contributed by atoms with E-state index in [1.807, 2.05) is 54.7 Å². The molecule has 1 radical (unpaired) electrons. The summed E-state index contributed by atoms with van der Waals surface area (Å²) in [5, 5.41) is 1.98. The van der Waals surface area contributed by atoms with Gasteiger partial charge in [-0.05, 0) is 70.5 Å². The maximum Gasteiger partial charge on any atom is 0 e. The standard InChI is InChI=1S/C42H34N3O.C14H16GeN.Ir/c1-26(2)34-24-30(28-14-7-5-8-15-28)25-35(27(3)4)39(34)45-38-21-12-11-20-37(38)43-41(45)33-19-13-18-31-32-22-23-36(29-16-9-6-10-17-29)44-42(32)46-40(31)33;1-15(2,3)13-9-10-14(16-11-13)12-7-5-4-6-8-12;/h5-18,20-27H,1-4H3;4-7,9-11H,1-3H3;/q2*-1;. The third-order valence-corrected chi connectivity index (χ3v) is 15.8. The molecule has 0 saturated carbocycles. The molecule has 0 aliphatic carbocycles. The van der Waals surface area contributed by atoms with E-state index in [2.05, 4.69) is 176 Å². The van der Waals surface area contributed by atoms with E-state index < -0.39 is 13.3 Å². The predicted molar refractivity (Wildman–Crippen MR) is 261 cm³/mol. The fourth-order valence-electron chi connectivity index (χ4n) is 8.14. The quantitative estimate of drug-likeness (QED) is 0.112. The van der Waals surface area contributed by atoms with E-state index >= 15 is 0 Å². The summed E-state index contributed by atoms with van der Waals surface area (Å²) in [5.74, 6) is 8.50. The maximum absolute atomic E-state index is 6.62. The van der Waals surface area contributed by atoms with E-state index in [4.69, 9.17) is 14.4 Å². The van der Waals surface area contributed by atoms with Gasteiger partial charge in [0.25, 0.3) is 0 Å². The van der Waals surface area contributed by atoms with Crippen molar-refractivity contribution in [1.82, 2.24) is 19.5 Å². The van der Waals surface area contributed by atoms with E-state index in [-0.39, 0.29) is 31.9 Å². The van der Waals surface area contributed by atoms with Crippen LogP contribution in [0.2, 0.25) is 17.3 Å². The molecular weight excluding hydrogens is 1010 g/mol. The molecule has 0 spiro atoms. The zero-order valence-electron chi connectivity index (χ0n) is 36.8. The van der Waals surface area contributed by atoms with Crippen LogP contribution in [0, 0.1) is 12.1 Å². The van der Waals surface area contributed by atoms with Gasteiger partial charge in [0.2, 0.25) is 5.71 Å². The number of furan rings is 1. The summed E-state index contributed by atoms with van der Waals surface area (Å²) in [6.45, 7) is 9.11. The van der Waals surface area contributed by atoms with E-state index in [9.17, 15) is 0 Å². The summed E-state index contributed by atoms with van der Waals surface area (Å²) in [4.78, 5) is 14.8. The first-order valence-corrected chi connectivity index (χ1v) is 28.8. The minimum absolute atomic E-state index is 0. The molecule has 0 bridgehead atoms. The molecule has 63 heavy (non-hydrogen) atoms. The Kier molecular flexibility index (Phi) is 12.8. The van der Waals surface area contributed by atoms with Crippen molar-refractivity contribution in [2.45, 2.75) is 56.8 Å². The van der Waals surface area contributed by atoms with Crippen molar-refractivity contribution < 1.29 is 24.5 Å². The molecule has 0 fully saturated rings. The summed E-state index contributed by atoms with van der Waals surface area (Å²) in [7, 11) is 0. The third kappa shape index (κ3) is 8.86. The predicted octanol–water partition coefficient (Wildman–Crippen LogP) is 14.5. The Bertz CT molecular complexity index is 3120. The monoisotopic (exact) mass is 1060 g/mol. The van der Waals surface area contributed by atoms with Crippen LogP contribution in [-0.2, 0) is 20.1 Å². The number of fused-ring (bicyclic) bond motifs is 4. The number of rotatable bonds is 8. The van der Waals surface area contributed by atoms with Crippen molar-refractivity contribution in [2.24, 2.45) is 0 Å². The molecule has 0 amide bonds. The second-order valence-electron chi connectivity index (χ2n) is 17.5. The Balaban J connectivity index is 0.000000271. The first-order valence-electron chi connectivity index (χ1n) is 21.5. The number of para-hydroxylation sites is 2. The summed E-state index contributed by atoms with van der Waals surface area (Å²) in [6.07, 6.45) is 2.04. The molecule has 0 atom stereocenters. The fraction of sp³-hybridized carbons (Fsp3) is 0.161. The summed E-state index contributed by atoms with van der Waals surface area (Å²) >= 11 is -1.72. The van der Waals surface area contributed by atoms with Crippen LogP contribution in [0.1, 0.15) is 50.7 Å². The largest absolute Gasteiger partial charge is 0 e. The van der Waals surface area contributed by atoms with Crippen LogP contribution in [0.5, 0.6) is 0 Å². The third-order valence-electron chi connectivity index (χ3n) is 11.5. The topological polar surface area (TPSA) is 56.7 Å². The Morgan fingerprint density at radius 1 is 0.587 bits per heavy atom. The van der Waals surface area contributed by atoms with Crippen molar-refractivity contribution >= 4 is 50.8 Å². The van der Waals surface area contributed by atoms with Crippen LogP contribution >= 0.6 is 0 Å². The molecule has 10 rings (SSSR count). The van der Waals surface area contributed by atoms with E-state index in [1.54, 1.807) is 0 Å². The van der Waals surface area contributed by atoms with Crippen molar-refractivity contribution in [1.29, 1.82) is 0 Å². The van der Waals surface area contributed by atoms with Crippen molar-refractivity contribution in [3.05, 3.63) is 187 Å². The van der Waals surface area contributed by atoms with Gasteiger partial charge in [-0.15, -0.1) is 18.2 Å². The number of nitrogens with zero attached hydrogens (tertiary/aromatic N) is 4. The van der Waals surface area contributed by atoms with Crippen molar-refractivity contribution in [3.63, 3.8) is 0 Å². The zero-order chi connectivity index (χ0) is 43.0. The Labute approximate surface area is 387 Å². The first kappa shape index (κ1) is 43.7. The molecular formula is C56H50GeIrN4O-2. The molecule has 4 heterocycles. The summed E-state index contributed by atoms with van der Waals surface area (Å²) in [5.41, 5.74) is 14.4. The number of hydrogen-bond acceptors (Lipinski definition) is 4. The van der Waals surface area contributed by atoms with Gasteiger partial charge in [-0.2, -0.15) is 0 Å². The van der Waals surface area contributed by atoms with Gasteiger partial charge in [-0.25, -0.2) is 4.98 Å². The van der Waals surface area contributed by atoms with Crippen LogP contribution in [0.4, 0.5) is 0 Å². The van der Waals surface area contributed by atoms with Gasteiger partial charge < -0.3 is 8.98 Å². The van der Waals surface area contributed by atoms with Gasteiger partial charge in [-0.1, -0.05) is 111 Å². The number of imidazole rings is 1. The molecule has 10 aromatic rings. The summed E-state index contributed by atoms with van der Waals surface area (Å²) < 4.78 is 10.4. The van der Waals surface area contributed by atoms with Crippen LogP contribution in [0.25, 0.3) is 83.8 Å². The first-order chi connectivity index (χ1) is 30.0. The molecule has 0 unspecified atom stereocenters. The Hall–Kier alpha value is -5.92. The molecule has 315 valence electrons. The van der Waals surface area contributed by atoms with E-state index in [0.717, 1.165) is 61.3 Å². The molecule has 0 saturated heterocycles. The van der Waals surface area contributed by atoms with Crippen molar-refractivity contribution in [3.8, 4) is 50.7 Å². The Morgan fingerprint density at radius 3 is 1.87 bits per heavy atom. The molecule has 0 N–H and O–H groups in total. The average Bonchev–Trinajstić information content (AvgIpc) is 3.88. The van der Waals surface area contributed by atoms with Gasteiger partial charge in [-0.3, -0.25) is 4.98 Å². The smallest absolute Gasteiger partial charge is 0 e. The number of aromatic nitrogens is 4. The molecule has 5 nitrogen and oxygen atoms in total. The van der Waals surface area contributed by atoms with Crippen molar-refractivity contribution in [2.75, 3.05) is 0 Å². The number of hydrogen-bond donors (Lipinski definition) is 0. The molecule has 6 aromatic carbocycles. The van der Waals surface area contributed by atoms with Gasteiger partial charge in [0, 0.05) is 36.7 Å². The van der Waals surface area contributed by atoms with Crippen LogP contribution in [0.15, 0.2) is 168 Å². The van der Waals surface area contributed by atoms with Gasteiger partial charge >= 0.3 is 99.8 Å². The maximum atomic E-state index is 6.62. The van der Waals surface area contributed by atoms with Gasteiger partial charge in [0.05, 0.1) is 28.1 Å². The second kappa shape index (κ2) is 18.4. The molecule has 0 aliphatic heterocycles. The molecule has 0 aliphatic rings. The minimum atomic E-state index is -1.72. The van der Waals surface area contributed by atoms with Gasteiger partial charge in [0.1, 0.15) is 0 Å².